The highest BCUT2D eigenvalue weighted by Crippen LogP contribution is 2.29. The average molecular weight is 377 g/mol. The van der Waals surface area contributed by atoms with Crippen LogP contribution in [0.15, 0.2) is 34.3 Å². The number of hydrogen-bond donors (Lipinski definition) is 0. The van der Waals surface area contributed by atoms with Crippen LogP contribution in [0.3, 0.4) is 0 Å². The maximum atomic E-state index is 5.11. The molecular formula is C19H28N4S2. The molecule has 0 saturated carbocycles. The largest absolute Gasteiger partial charge is 0.363 e. The maximum Gasteiger partial charge on any atom is 0.120 e. The molecule has 1 aliphatic rings. The van der Waals surface area contributed by atoms with Crippen LogP contribution in [0.2, 0.25) is 0 Å². The lowest BCUT2D eigenvalue weighted by molar-refractivity contribution is 0.155. The Labute approximate surface area is 161 Å². The molecule has 2 heterocycles. The molecule has 0 N–H and O–H groups in total. The van der Waals surface area contributed by atoms with Crippen LogP contribution in [0.1, 0.15) is 31.7 Å². The second-order valence-corrected chi connectivity index (χ2v) is 7.56. The summed E-state index contributed by atoms with van der Waals surface area (Å²) in [5, 5.41) is 3.10. The molecule has 0 bridgehead atoms. The van der Waals surface area contributed by atoms with E-state index in [2.05, 4.69) is 46.9 Å². The molecule has 0 spiro atoms. The molecular weight excluding hydrogens is 348 g/mol. The summed E-state index contributed by atoms with van der Waals surface area (Å²) in [7, 11) is 0. The van der Waals surface area contributed by atoms with E-state index in [-0.39, 0.29) is 0 Å². The molecule has 0 amide bonds. The van der Waals surface area contributed by atoms with Gasteiger partial charge in [0.1, 0.15) is 5.01 Å². The smallest absolute Gasteiger partial charge is 0.120 e. The quantitative estimate of drug-likeness (QED) is 0.371. The van der Waals surface area contributed by atoms with E-state index < -0.39 is 0 Å². The van der Waals surface area contributed by atoms with E-state index in [1.54, 1.807) is 16.8 Å². The summed E-state index contributed by atoms with van der Waals surface area (Å²) in [4.78, 5) is 13.5. The van der Waals surface area contributed by atoms with Crippen molar-refractivity contribution in [1.29, 1.82) is 0 Å². The van der Waals surface area contributed by atoms with Crippen molar-refractivity contribution < 1.29 is 0 Å². The molecule has 0 aliphatic carbocycles. The maximum absolute atomic E-state index is 5.11. The summed E-state index contributed by atoms with van der Waals surface area (Å²) in [6.45, 7) is 16.9. The molecule has 2 rings (SSSR count). The molecule has 0 unspecified atom stereocenters. The van der Waals surface area contributed by atoms with Gasteiger partial charge in [-0.1, -0.05) is 32.1 Å². The standard InChI is InChI=1S/C19H28N4S2/c1-5-6-15(2)17(11-20-4)18(19-21-7-10-25-19)13-22-8-9-23(14-24)16(3)12-22/h7,10,14,16H,2,4-6,8-9,11-13H2,1,3H3/b18-17+/t16-/m1/s1. The molecule has 1 aromatic heterocycles. The van der Waals surface area contributed by atoms with Gasteiger partial charge in [-0.15, -0.1) is 11.3 Å². The number of nitrogens with zero attached hydrogens (tertiary/aromatic N) is 4. The Balaban J connectivity index is 2.29. The van der Waals surface area contributed by atoms with E-state index in [0.29, 0.717) is 12.6 Å². The van der Waals surface area contributed by atoms with Gasteiger partial charge < -0.3 is 4.90 Å². The third kappa shape index (κ3) is 5.30. The highest BCUT2D eigenvalue weighted by molar-refractivity contribution is 7.78. The van der Waals surface area contributed by atoms with Crippen LogP contribution in [-0.4, -0.2) is 65.8 Å². The lowest BCUT2D eigenvalue weighted by Crippen LogP contribution is -2.51. The molecule has 0 radical (unpaired) electrons. The molecule has 4 nitrogen and oxygen atoms in total. The van der Waals surface area contributed by atoms with Gasteiger partial charge in [0, 0.05) is 49.4 Å². The van der Waals surface area contributed by atoms with E-state index in [9.17, 15) is 0 Å². The van der Waals surface area contributed by atoms with Crippen molar-refractivity contribution in [3.05, 3.63) is 34.3 Å². The van der Waals surface area contributed by atoms with Crippen molar-refractivity contribution in [3.8, 4) is 0 Å². The molecule has 1 aromatic rings. The predicted octanol–water partition coefficient (Wildman–Crippen LogP) is 3.92. The monoisotopic (exact) mass is 376 g/mol. The first-order valence-corrected chi connectivity index (χ1v) is 10.1. The zero-order valence-electron chi connectivity index (χ0n) is 15.3. The fourth-order valence-electron chi connectivity index (χ4n) is 3.22. The number of hydrogen-bond acceptors (Lipinski definition) is 5. The first kappa shape index (κ1) is 19.9. The van der Waals surface area contributed by atoms with E-state index in [4.69, 9.17) is 12.2 Å². The van der Waals surface area contributed by atoms with Crippen LogP contribution in [0.5, 0.6) is 0 Å². The fourth-order valence-corrected chi connectivity index (χ4v) is 4.24. The van der Waals surface area contributed by atoms with Crippen molar-refractivity contribution in [2.75, 3.05) is 32.7 Å². The van der Waals surface area contributed by atoms with Crippen LogP contribution >= 0.6 is 23.6 Å². The van der Waals surface area contributed by atoms with Gasteiger partial charge in [0.25, 0.3) is 0 Å². The zero-order valence-corrected chi connectivity index (χ0v) is 16.9. The van der Waals surface area contributed by atoms with Gasteiger partial charge in [-0.3, -0.25) is 9.89 Å². The number of piperazine rings is 1. The SMILES string of the molecule is C=NC/C(C(=C)CCC)=C(/CN1CCN(C=S)[C@H](C)C1)c1nccs1. The minimum absolute atomic E-state index is 0.434. The Kier molecular flexibility index (Phi) is 7.93. The van der Waals surface area contributed by atoms with Gasteiger partial charge in [0.15, 0.2) is 0 Å². The van der Waals surface area contributed by atoms with E-state index in [1.165, 1.54) is 11.1 Å². The fraction of sp³-hybridized carbons (Fsp3) is 0.526. The summed E-state index contributed by atoms with van der Waals surface area (Å²) in [6, 6.07) is 0.434. The highest BCUT2D eigenvalue weighted by atomic mass is 32.1. The minimum Gasteiger partial charge on any atom is -0.363 e. The molecule has 1 aliphatic heterocycles. The normalized spacial score (nSPS) is 19.4. The Morgan fingerprint density at radius 1 is 1.52 bits per heavy atom. The van der Waals surface area contributed by atoms with Gasteiger partial charge in [-0.25, -0.2) is 4.98 Å². The topological polar surface area (TPSA) is 31.7 Å². The van der Waals surface area contributed by atoms with Crippen molar-refractivity contribution in [3.63, 3.8) is 0 Å². The first-order chi connectivity index (χ1) is 12.1. The second kappa shape index (κ2) is 9.94. The second-order valence-electron chi connectivity index (χ2n) is 6.46. The number of thiazole rings is 1. The van der Waals surface area contributed by atoms with Crippen molar-refractivity contribution in [2.45, 2.75) is 32.7 Å². The summed E-state index contributed by atoms with van der Waals surface area (Å²) < 4.78 is 0. The third-order valence-corrected chi connectivity index (χ3v) is 5.69. The van der Waals surface area contributed by atoms with Crippen molar-refractivity contribution in [1.82, 2.24) is 14.8 Å². The number of rotatable bonds is 9. The Morgan fingerprint density at radius 3 is 2.88 bits per heavy atom. The molecule has 1 atom stereocenters. The molecule has 136 valence electrons. The van der Waals surface area contributed by atoms with Gasteiger partial charge >= 0.3 is 0 Å². The summed E-state index contributed by atoms with van der Waals surface area (Å²) >= 11 is 6.80. The van der Waals surface area contributed by atoms with Crippen molar-refractivity contribution >= 4 is 41.3 Å². The Morgan fingerprint density at radius 2 is 2.32 bits per heavy atom. The zero-order chi connectivity index (χ0) is 18.2. The van der Waals surface area contributed by atoms with E-state index in [0.717, 1.165) is 49.6 Å². The number of thiocarbonyl (C=S) groups is 1. The van der Waals surface area contributed by atoms with E-state index in [1.807, 2.05) is 11.6 Å². The van der Waals surface area contributed by atoms with Crippen molar-refractivity contribution in [2.24, 2.45) is 4.99 Å². The van der Waals surface area contributed by atoms with Crippen LogP contribution in [0.25, 0.3) is 5.57 Å². The lowest BCUT2D eigenvalue weighted by atomic mass is 9.97. The van der Waals surface area contributed by atoms with Gasteiger partial charge in [-0.2, -0.15) is 0 Å². The average Bonchev–Trinajstić information content (AvgIpc) is 3.12. The summed E-state index contributed by atoms with van der Waals surface area (Å²) in [5.74, 6) is 0. The van der Waals surface area contributed by atoms with Gasteiger partial charge in [0.2, 0.25) is 0 Å². The third-order valence-electron chi connectivity index (χ3n) is 4.58. The minimum atomic E-state index is 0.434. The Bertz CT molecular complexity index is 621. The predicted molar refractivity (Wildman–Crippen MR) is 114 cm³/mol. The molecule has 25 heavy (non-hydrogen) atoms. The van der Waals surface area contributed by atoms with Crippen LogP contribution in [0, 0.1) is 0 Å². The van der Waals surface area contributed by atoms with Crippen LogP contribution in [0.4, 0.5) is 0 Å². The summed E-state index contributed by atoms with van der Waals surface area (Å²) in [5.41, 5.74) is 5.40. The Hall–Kier alpha value is -1.37. The highest BCUT2D eigenvalue weighted by Gasteiger charge is 2.24. The summed E-state index contributed by atoms with van der Waals surface area (Å²) in [6.07, 6.45) is 3.93. The van der Waals surface area contributed by atoms with Gasteiger partial charge in [0.05, 0.1) is 12.0 Å². The van der Waals surface area contributed by atoms with Gasteiger partial charge in [-0.05, 0) is 31.2 Å². The van der Waals surface area contributed by atoms with Crippen LogP contribution in [-0.2, 0) is 0 Å². The number of aliphatic imine (C=N–C) groups is 1. The van der Waals surface area contributed by atoms with Crippen LogP contribution < -0.4 is 0 Å². The first-order valence-electron chi connectivity index (χ1n) is 8.76. The molecule has 0 aromatic carbocycles. The molecule has 1 saturated heterocycles. The number of aromatic nitrogens is 1. The lowest BCUT2D eigenvalue weighted by Gasteiger charge is -2.39. The molecule has 1 fully saturated rings. The molecule has 6 heteroatoms. The van der Waals surface area contributed by atoms with E-state index >= 15 is 0 Å².